The number of ketones is 1. The Labute approximate surface area is 309 Å². The van der Waals surface area contributed by atoms with E-state index in [1.807, 2.05) is 79.7 Å². The summed E-state index contributed by atoms with van der Waals surface area (Å²) in [5, 5.41) is 0. The lowest BCUT2D eigenvalue weighted by Crippen LogP contribution is -2.68. The van der Waals surface area contributed by atoms with Gasteiger partial charge in [-0.15, -0.1) is 0 Å². The molecule has 4 fully saturated rings. The molecule has 0 bridgehead atoms. The van der Waals surface area contributed by atoms with Gasteiger partial charge in [0.25, 0.3) is 0 Å². The first-order chi connectivity index (χ1) is 24.5. The summed E-state index contributed by atoms with van der Waals surface area (Å²) in [6.07, 6.45) is 9.87. The normalized spacial score (nSPS) is 40.8. The lowest BCUT2D eigenvalue weighted by Gasteiger charge is -2.70. The zero-order valence-electron chi connectivity index (χ0n) is 32.0. The van der Waals surface area contributed by atoms with Gasteiger partial charge < -0.3 is 9.47 Å². The number of carbonyl (C=O) groups is 3. The van der Waals surface area contributed by atoms with Crippen LogP contribution in [0.25, 0.3) is 0 Å². The van der Waals surface area contributed by atoms with E-state index in [4.69, 9.17) is 9.47 Å². The summed E-state index contributed by atoms with van der Waals surface area (Å²) >= 11 is 0. The zero-order chi connectivity index (χ0) is 37.3. The third kappa shape index (κ3) is 5.39. The fourth-order valence-corrected chi connectivity index (χ4v) is 12.5. The third-order valence-corrected chi connectivity index (χ3v) is 15.7. The summed E-state index contributed by atoms with van der Waals surface area (Å²) in [5.74, 6) is -0.740. The number of allylic oxidation sites excluding steroid dienone is 2. The van der Waals surface area contributed by atoms with Crippen molar-refractivity contribution in [2.24, 2.45) is 49.8 Å². The van der Waals surface area contributed by atoms with E-state index in [2.05, 4.69) is 39.6 Å². The Morgan fingerprint density at radius 3 is 2.04 bits per heavy atom. The molecule has 4 saturated carbocycles. The minimum atomic E-state index is -0.957. The first kappa shape index (κ1) is 36.5. The van der Waals surface area contributed by atoms with Crippen molar-refractivity contribution in [3.8, 4) is 0 Å². The van der Waals surface area contributed by atoms with Crippen molar-refractivity contribution in [2.75, 3.05) is 0 Å². The van der Waals surface area contributed by atoms with Crippen molar-refractivity contribution in [1.29, 1.82) is 0 Å². The molecule has 0 amide bonds. The van der Waals surface area contributed by atoms with E-state index in [1.165, 1.54) is 12.5 Å². The maximum absolute atomic E-state index is 14.9. The zero-order valence-corrected chi connectivity index (χ0v) is 32.0. The van der Waals surface area contributed by atoms with Crippen molar-refractivity contribution in [3.05, 3.63) is 83.4 Å². The van der Waals surface area contributed by atoms with Crippen LogP contribution in [0.5, 0.6) is 0 Å². The van der Waals surface area contributed by atoms with Crippen molar-refractivity contribution in [2.45, 2.75) is 124 Å². The van der Waals surface area contributed by atoms with Crippen LogP contribution in [0.3, 0.4) is 0 Å². The van der Waals surface area contributed by atoms with Crippen LogP contribution in [0.4, 0.5) is 0 Å². The van der Waals surface area contributed by atoms with Gasteiger partial charge in [-0.2, -0.15) is 4.99 Å². The highest BCUT2D eigenvalue weighted by Gasteiger charge is 2.71. The first-order valence-electron chi connectivity index (χ1n) is 19.4. The molecule has 276 valence electrons. The number of benzene rings is 2. The molecule has 0 heterocycles. The maximum atomic E-state index is 14.9. The average Bonchev–Trinajstić information content (AvgIpc) is 3.11. The van der Waals surface area contributed by atoms with Crippen molar-refractivity contribution < 1.29 is 28.7 Å². The Hall–Kier alpha value is -3.83. The van der Waals surface area contributed by atoms with Crippen LogP contribution in [0.2, 0.25) is 0 Å². The Bertz CT molecular complexity index is 1790. The standard InChI is InChI=1S/C45H55NO6/c1-29(48)51-36-19-20-42(4)35(45(36,7)46-28-47)18-21-44(6)38(42)34(49)26-32-33-27-41(3,23-22-40(33,2)24-25-43(32,44)5)39(50)52-37(30-14-10-8-11-15-30)31-16-12-9-13-17-31/h8-17,26,33,35-38H,18-25,27H2,1-7H3/t33-,35+,36-,38+,40+,41-,42-,43+,44+,45-/m0/s1. The molecule has 0 N–H and O–H groups in total. The van der Waals surface area contributed by atoms with Gasteiger partial charge in [0.15, 0.2) is 11.9 Å². The Morgan fingerprint density at radius 2 is 1.44 bits per heavy atom. The van der Waals surface area contributed by atoms with Gasteiger partial charge in [0, 0.05) is 12.8 Å². The van der Waals surface area contributed by atoms with Gasteiger partial charge in [-0.3, -0.25) is 14.4 Å². The topological polar surface area (TPSA) is 99.1 Å². The maximum Gasteiger partial charge on any atom is 0.312 e. The summed E-state index contributed by atoms with van der Waals surface area (Å²) in [4.78, 5) is 57.7. The highest BCUT2D eigenvalue weighted by molar-refractivity contribution is 5.95. The molecule has 0 aromatic heterocycles. The number of carbonyl (C=O) groups excluding carboxylic acids is 4. The van der Waals surface area contributed by atoms with Crippen molar-refractivity contribution in [1.82, 2.24) is 0 Å². The van der Waals surface area contributed by atoms with E-state index in [9.17, 15) is 19.2 Å². The van der Waals surface area contributed by atoms with E-state index in [0.29, 0.717) is 19.3 Å². The largest absolute Gasteiger partial charge is 0.460 e. The van der Waals surface area contributed by atoms with Crippen LogP contribution in [0, 0.1) is 44.8 Å². The summed E-state index contributed by atoms with van der Waals surface area (Å²) in [5.41, 5.74) is 0.384. The highest BCUT2D eigenvalue weighted by atomic mass is 16.5. The van der Waals surface area contributed by atoms with Gasteiger partial charge in [-0.25, -0.2) is 4.79 Å². The quantitative estimate of drug-likeness (QED) is 0.169. The number of rotatable bonds is 6. The molecule has 0 unspecified atom stereocenters. The van der Waals surface area contributed by atoms with E-state index < -0.39 is 28.6 Å². The second-order valence-corrected chi connectivity index (χ2v) is 18.4. The predicted octanol–water partition coefficient (Wildman–Crippen LogP) is 9.30. The van der Waals surface area contributed by atoms with Crippen LogP contribution < -0.4 is 0 Å². The number of isocyanates is 1. The Balaban J connectivity index is 1.23. The van der Waals surface area contributed by atoms with Crippen molar-refractivity contribution >= 4 is 23.8 Å². The molecule has 52 heavy (non-hydrogen) atoms. The molecule has 7 nitrogen and oxygen atoms in total. The van der Waals surface area contributed by atoms with Gasteiger partial charge in [0.05, 0.1) is 5.41 Å². The van der Waals surface area contributed by atoms with Gasteiger partial charge in [0.2, 0.25) is 6.08 Å². The van der Waals surface area contributed by atoms with Crippen molar-refractivity contribution in [3.63, 3.8) is 0 Å². The summed E-state index contributed by atoms with van der Waals surface area (Å²) in [6, 6.07) is 19.9. The van der Waals surface area contributed by atoms with Gasteiger partial charge >= 0.3 is 11.9 Å². The number of aliphatic imine (C=N–C) groups is 1. The minimum Gasteiger partial charge on any atom is -0.460 e. The Morgan fingerprint density at radius 1 is 0.827 bits per heavy atom. The van der Waals surface area contributed by atoms with Gasteiger partial charge in [-0.1, -0.05) is 93.9 Å². The summed E-state index contributed by atoms with van der Waals surface area (Å²) in [7, 11) is 0. The van der Waals surface area contributed by atoms with E-state index in [-0.39, 0.29) is 51.7 Å². The smallest absolute Gasteiger partial charge is 0.312 e. The fraction of sp³-hybridized carbons (Fsp3) is 0.600. The van der Waals surface area contributed by atoms with Crippen LogP contribution in [-0.2, 0) is 28.7 Å². The van der Waals surface area contributed by atoms with E-state index in [1.54, 1.807) is 0 Å². The van der Waals surface area contributed by atoms with Crippen LogP contribution in [-0.4, -0.2) is 35.4 Å². The molecule has 0 saturated heterocycles. The molecule has 5 aliphatic rings. The van der Waals surface area contributed by atoms with Gasteiger partial charge in [0.1, 0.15) is 11.6 Å². The number of esters is 2. The number of fused-ring (bicyclic) bond motifs is 7. The average molecular weight is 706 g/mol. The number of hydrogen-bond donors (Lipinski definition) is 0. The molecule has 0 spiro atoms. The lowest BCUT2D eigenvalue weighted by molar-refractivity contribution is -0.196. The molecular weight excluding hydrogens is 650 g/mol. The lowest BCUT2D eigenvalue weighted by atomic mass is 9.34. The molecule has 7 rings (SSSR count). The molecule has 2 aromatic rings. The second-order valence-electron chi connectivity index (χ2n) is 18.4. The number of ether oxygens (including phenoxy) is 2. The highest BCUT2D eigenvalue weighted by Crippen LogP contribution is 2.74. The molecule has 5 aliphatic carbocycles. The molecule has 7 heteroatoms. The fourth-order valence-electron chi connectivity index (χ4n) is 12.5. The molecule has 2 aromatic carbocycles. The predicted molar refractivity (Wildman–Crippen MR) is 199 cm³/mol. The van der Waals surface area contributed by atoms with Crippen LogP contribution >= 0.6 is 0 Å². The van der Waals surface area contributed by atoms with E-state index >= 15 is 0 Å². The SMILES string of the molecule is CC(=O)O[C@H]1CC[C@@]2(C)[C@@H](CC[C@]3(C)[C@@H]2C(=O)C=C2[C@@H]4C[C@@](C)(C(=O)OC(c5ccccc5)c5ccccc5)CC[C@]4(C)CC[C@]23C)[C@]1(C)N=C=O. The minimum absolute atomic E-state index is 0.0205. The Kier molecular flexibility index (Phi) is 8.88. The molecule has 0 radical (unpaired) electrons. The second kappa shape index (κ2) is 12.6. The number of nitrogens with zero attached hydrogens (tertiary/aromatic N) is 1. The van der Waals surface area contributed by atoms with Crippen LogP contribution in [0.1, 0.15) is 123 Å². The third-order valence-electron chi connectivity index (χ3n) is 15.7. The first-order valence-corrected chi connectivity index (χ1v) is 19.4. The van der Waals surface area contributed by atoms with E-state index in [0.717, 1.165) is 49.7 Å². The summed E-state index contributed by atoms with van der Waals surface area (Å²) in [6.45, 7) is 14.7. The molecule has 10 atom stereocenters. The monoisotopic (exact) mass is 705 g/mol. The van der Waals surface area contributed by atoms with Crippen LogP contribution in [0.15, 0.2) is 77.3 Å². The van der Waals surface area contributed by atoms with Gasteiger partial charge in [-0.05, 0) is 122 Å². The summed E-state index contributed by atoms with van der Waals surface area (Å²) < 4.78 is 12.3. The molecule has 0 aliphatic heterocycles. The molecular formula is C45H55NO6. The number of hydrogen-bond acceptors (Lipinski definition) is 7.